The van der Waals surface area contributed by atoms with E-state index in [1.54, 1.807) is 0 Å². The van der Waals surface area contributed by atoms with Crippen molar-refractivity contribution in [2.45, 2.75) is 16.2 Å². The molecule has 0 aromatic heterocycles. The highest BCUT2D eigenvalue weighted by Gasteiger charge is 2.76. The Balaban J connectivity index is 2.25. The van der Waals surface area contributed by atoms with Crippen LogP contribution in [-0.2, 0) is 14.3 Å². The molecular weight excluding hydrogens is 298 g/mol. The van der Waals surface area contributed by atoms with Gasteiger partial charge in [0.1, 0.15) is 0 Å². The molecule has 0 aromatic carbocycles. The van der Waals surface area contributed by atoms with Crippen LogP contribution in [0.1, 0.15) is 6.42 Å². The Hall–Kier alpha value is 0.0400. The van der Waals surface area contributed by atoms with E-state index in [0.29, 0.717) is 0 Å². The van der Waals surface area contributed by atoms with Crippen LogP contribution in [0.2, 0.25) is 0 Å². The molecule has 0 spiro atoms. The minimum atomic E-state index is -1.19. The lowest BCUT2D eigenvalue weighted by Gasteiger charge is -2.27. The van der Waals surface area contributed by atoms with Crippen molar-refractivity contribution in [3.05, 3.63) is 10.1 Å². The summed E-state index contributed by atoms with van der Waals surface area (Å²) in [4.78, 5) is 20.7. The molecule has 1 saturated heterocycles. The first-order chi connectivity index (χ1) is 7.32. The second-order valence-electron chi connectivity index (χ2n) is 4.23. The third-order valence-electron chi connectivity index (χ3n) is 3.47. The molecule has 2 aliphatic carbocycles. The summed E-state index contributed by atoms with van der Waals surface area (Å²) >= 11 is 24.5. The molecule has 4 unspecified atom stereocenters. The van der Waals surface area contributed by atoms with Crippen molar-refractivity contribution < 1.29 is 14.3 Å². The molecule has 1 heterocycles. The molecular formula is C9H4Cl4O3. The van der Waals surface area contributed by atoms with Crippen LogP contribution < -0.4 is 0 Å². The summed E-state index contributed by atoms with van der Waals surface area (Å²) in [5.74, 6) is -2.99. The molecule has 1 aliphatic heterocycles. The highest BCUT2D eigenvalue weighted by Crippen LogP contribution is 2.69. The SMILES string of the molecule is O=C1OC(=O)C2C1C1(Cl)CC2(Cl)C(Cl)=C1Cl. The Morgan fingerprint density at radius 1 is 1.00 bits per heavy atom. The fraction of sp³-hybridized carbons (Fsp3) is 0.556. The molecule has 86 valence electrons. The van der Waals surface area contributed by atoms with Crippen molar-refractivity contribution in [3.8, 4) is 0 Å². The van der Waals surface area contributed by atoms with Crippen molar-refractivity contribution in [2.24, 2.45) is 11.8 Å². The van der Waals surface area contributed by atoms with Crippen molar-refractivity contribution in [3.63, 3.8) is 0 Å². The van der Waals surface area contributed by atoms with Crippen molar-refractivity contribution in [2.75, 3.05) is 0 Å². The number of halogens is 4. The lowest BCUT2D eigenvalue weighted by atomic mass is 9.84. The zero-order chi connectivity index (χ0) is 11.9. The van der Waals surface area contributed by atoms with Crippen LogP contribution in [0.25, 0.3) is 0 Å². The number of esters is 2. The van der Waals surface area contributed by atoms with Gasteiger partial charge < -0.3 is 4.74 Å². The van der Waals surface area contributed by atoms with E-state index >= 15 is 0 Å². The summed E-state index contributed by atoms with van der Waals surface area (Å²) in [5.41, 5.74) is 0. The van der Waals surface area contributed by atoms with E-state index in [2.05, 4.69) is 4.74 Å². The Morgan fingerprint density at radius 2 is 1.38 bits per heavy atom. The second-order valence-corrected chi connectivity index (χ2v) is 6.33. The second kappa shape index (κ2) is 2.89. The first kappa shape index (κ1) is 11.1. The number of carbonyl (C=O) groups is 2. The van der Waals surface area contributed by atoms with Crippen molar-refractivity contribution >= 4 is 58.3 Å². The Labute approximate surface area is 111 Å². The number of rotatable bonds is 0. The standard InChI is InChI=1S/C9H4Cl4O3/c10-4-5(11)9(13)1-8(4,12)2-3(9)7(15)16-6(2)14/h2-3H,1H2. The van der Waals surface area contributed by atoms with Crippen LogP contribution in [0.15, 0.2) is 10.1 Å². The van der Waals surface area contributed by atoms with Gasteiger partial charge in [-0.15, -0.1) is 23.2 Å². The van der Waals surface area contributed by atoms with Gasteiger partial charge in [0, 0.05) is 0 Å². The summed E-state index contributed by atoms with van der Waals surface area (Å²) in [6, 6.07) is 0. The third kappa shape index (κ3) is 0.953. The number of hydrogen-bond donors (Lipinski definition) is 0. The van der Waals surface area contributed by atoms with Gasteiger partial charge in [0.25, 0.3) is 0 Å². The van der Waals surface area contributed by atoms with Gasteiger partial charge in [0.2, 0.25) is 0 Å². The fourth-order valence-electron chi connectivity index (χ4n) is 2.79. The Kier molecular flexibility index (Phi) is 2.01. The maximum absolute atomic E-state index is 11.5. The molecule has 16 heavy (non-hydrogen) atoms. The number of hydrogen-bond acceptors (Lipinski definition) is 3. The van der Waals surface area contributed by atoms with Gasteiger partial charge in [-0.3, -0.25) is 9.59 Å². The van der Waals surface area contributed by atoms with E-state index in [1.165, 1.54) is 0 Å². The highest BCUT2D eigenvalue weighted by molar-refractivity contribution is 6.52. The molecule has 2 bridgehead atoms. The summed E-state index contributed by atoms with van der Waals surface area (Å²) < 4.78 is 4.55. The first-order valence-electron chi connectivity index (χ1n) is 4.52. The number of cyclic esters (lactones) is 2. The quantitative estimate of drug-likeness (QED) is 0.392. The van der Waals surface area contributed by atoms with Gasteiger partial charge >= 0.3 is 11.9 Å². The normalized spacial score (nSPS) is 50.0. The maximum atomic E-state index is 11.5. The van der Waals surface area contributed by atoms with Crippen LogP contribution in [-0.4, -0.2) is 21.7 Å². The Bertz CT molecular complexity index is 433. The molecule has 0 aromatic rings. The molecule has 3 rings (SSSR count). The predicted octanol–water partition coefficient (Wildman–Crippen LogP) is 2.36. The summed E-state index contributed by atoms with van der Waals surface area (Å²) in [6.07, 6.45) is 0.178. The van der Waals surface area contributed by atoms with E-state index in [4.69, 9.17) is 46.4 Å². The topological polar surface area (TPSA) is 43.4 Å². The summed E-state index contributed by atoms with van der Waals surface area (Å²) in [5, 5.41) is 0.303. The number of allylic oxidation sites excluding steroid dienone is 2. The highest BCUT2D eigenvalue weighted by atomic mass is 35.5. The average molecular weight is 302 g/mol. The van der Waals surface area contributed by atoms with E-state index in [1.807, 2.05) is 0 Å². The van der Waals surface area contributed by atoms with Gasteiger partial charge in [0.15, 0.2) is 0 Å². The molecule has 7 heteroatoms. The van der Waals surface area contributed by atoms with E-state index in [-0.39, 0.29) is 16.5 Å². The molecule has 2 fully saturated rings. The maximum Gasteiger partial charge on any atom is 0.319 e. The average Bonchev–Trinajstić information content (AvgIpc) is 2.68. The molecule has 4 atom stereocenters. The van der Waals surface area contributed by atoms with Crippen LogP contribution in [0.5, 0.6) is 0 Å². The zero-order valence-electron chi connectivity index (χ0n) is 7.60. The van der Waals surface area contributed by atoms with Crippen LogP contribution in [0, 0.1) is 11.8 Å². The number of carbonyl (C=O) groups excluding carboxylic acids is 2. The lowest BCUT2D eigenvalue weighted by Crippen LogP contribution is -2.38. The third-order valence-corrected chi connectivity index (χ3v) is 5.92. The molecule has 3 nitrogen and oxygen atoms in total. The summed E-state index contributed by atoms with van der Waals surface area (Å²) in [7, 11) is 0. The molecule has 3 aliphatic rings. The lowest BCUT2D eigenvalue weighted by molar-refractivity contribution is -0.154. The van der Waals surface area contributed by atoms with Crippen molar-refractivity contribution in [1.82, 2.24) is 0 Å². The van der Waals surface area contributed by atoms with E-state index in [9.17, 15) is 9.59 Å². The van der Waals surface area contributed by atoms with Crippen LogP contribution in [0.4, 0.5) is 0 Å². The largest absolute Gasteiger partial charge is 0.393 e. The Morgan fingerprint density at radius 3 is 1.75 bits per heavy atom. The van der Waals surface area contributed by atoms with Gasteiger partial charge in [-0.25, -0.2) is 0 Å². The zero-order valence-corrected chi connectivity index (χ0v) is 10.6. The van der Waals surface area contributed by atoms with Gasteiger partial charge in [-0.05, 0) is 6.42 Å². The van der Waals surface area contributed by atoms with E-state index < -0.39 is 33.5 Å². The summed E-state index contributed by atoms with van der Waals surface area (Å²) in [6.45, 7) is 0. The molecule has 1 saturated carbocycles. The molecule has 0 N–H and O–H groups in total. The van der Waals surface area contributed by atoms with Crippen molar-refractivity contribution in [1.29, 1.82) is 0 Å². The smallest absolute Gasteiger partial charge is 0.319 e. The fourth-order valence-corrected chi connectivity index (χ4v) is 4.70. The molecule has 0 radical (unpaired) electrons. The van der Waals surface area contributed by atoms with Gasteiger partial charge in [-0.2, -0.15) is 0 Å². The minimum Gasteiger partial charge on any atom is -0.393 e. The van der Waals surface area contributed by atoms with Crippen LogP contribution in [0.3, 0.4) is 0 Å². The van der Waals surface area contributed by atoms with Crippen LogP contribution >= 0.6 is 46.4 Å². The predicted molar refractivity (Wildman–Crippen MR) is 58.6 cm³/mol. The number of alkyl halides is 2. The monoisotopic (exact) mass is 300 g/mol. The van der Waals surface area contributed by atoms with Gasteiger partial charge in [0.05, 0.1) is 31.6 Å². The van der Waals surface area contributed by atoms with Gasteiger partial charge in [-0.1, -0.05) is 23.2 Å². The first-order valence-corrected chi connectivity index (χ1v) is 6.03. The number of fused-ring (bicyclic) bond motifs is 5. The number of ether oxygens (including phenoxy) is 1. The van der Waals surface area contributed by atoms with E-state index in [0.717, 1.165) is 0 Å². The molecule has 0 amide bonds. The minimum absolute atomic E-state index is 0.152.